The predicted molar refractivity (Wildman–Crippen MR) is 126 cm³/mol. The minimum atomic E-state index is -3.56. The second-order valence-corrected chi connectivity index (χ2v) is 10.2. The van der Waals surface area contributed by atoms with Gasteiger partial charge in [0.15, 0.2) is 5.58 Å². The van der Waals surface area contributed by atoms with Crippen molar-refractivity contribution in [1.29, 1.82) is 0 Å². The third-order valence-electron chi connectivity index (χ3n) is 4.88. The molecule has 2 atom stereocenters. The van der Waals surface area contributed by atoms with Gasteiger partial charge in [-0.25, -0.2) is 13.6 Å². The van der Waals surface area contributed by atoms with Crippen LogP contribution in [0, 0.1) is 0 Å². The first-order valence-electron chi connectivity index (χ1n) is 9.63. The molecule has 0 bridgehead atoms. The van der Waals surface area contributed by atoms with E-state index in [1.54, 1.807) is 36.4 Å². The van der Waals surface area contributed by atoms with Gasteiger partial charge >= 0.3 is 0 Å². The molecule has 0 radical (unpaired) electrons. The molecule has 2 aromatic carbocycles. The molecule has 0 spiro atoms. The number of aromatic nitrogens is 1. The average molecular weight is 504 g/mol. The Balaban J connectivity index is 0.000000224. The summed E-state index contributed by atoms with van der Waals surface area (Å²) in [5.41, 5.74) is 1.46. The number of nitrogens with two attached hydrogens (primary N) is 1. The van der Waals surface area contributed by atoms with Gasteiger partial charge in [0.05, 0.1) is 12.6 Å². The van der Waals surface area contributed by atoms with Crippen LogP contribution in [0.25, 0.3) is 11.0 Å². The van der Waals surface area contributed by atoms with Crippen LogP contribution < -0.4 is 10.5 Å². The monoisotopic (exact) mass is 503 g/mol. The number of halogens is 2. The summed E-state index contributed by atoms with van der Waals surface area (Å²) in [6.45, 7) is 6.43. The van der Waals surface area contributed by atoms with Crippen molar-refractivity contribution < 1.29 is 22.8 Å². The zero-order chi connectivity index (χ0) is 22.9. The highest BCUT2D eigenvalue weighted by Gasteiger charge is 2.44. The smallest absolute Gasteiger partial charge is 0.214 e. The molecule has 0 unspecified atom stereocenters. The van der Waals surface area contributed by atoms with Gasteiger partial charge < -0.3 is 19.7 Å². The molecular weight excluding hydrogens is 477 g/mol. The Bertz CT molecular complexity index is 1170. The third kappa shape index (κ3) is 6.41. The highest BCUT2D eigenvalue weighted by molar-refractivity contribution is 7.88. The Morgan fingerprint density at radius 1 is 1.25 bits per heavy atom. The molecule has 1 aliphatic heterocycles. The topological polar surface area (TPSA) is 128 Å². The first kappa shape index (κ1) is 26.5. The molecule has 0 aliphatic carbocycles. The molecule has 1 aliphatic rings. The zero-order valence-corrected chi connectivity index (χ0v) is 20.3. The number of primary sulfonamides is 1. The maximum atomic E-state index is 10.8. The van der Waals surface area contributed by atoms with Gasteiger partial charge in [-0.15, -0.1) is 12.4 Å². The Kier molecular flexibility index (Phi) is 8.33. The lowest BCUT2D eigenvalue weighted by Gasteiger charge is -2.46. The molecule has 32 heavy (non-hydrogen) atoms. The van der Waals surface area contributed by atoms with Crippen LogP contribution in [0.4, 0.5) is 0 Å². The fraction of sp³-hybridized carbons (Fsp3) is 0.381. The molecule has 1 saturated heterocycles. The van der Waals surface area contributed by atoms with E-state index in [1.165, 1.54) is 0 Å². The fourth-order valence-corrected chi connectivity index (χ4v) is 4.20. The van der Waals surface area contributed by atoms with Crippen LogP contribution in [0.2, 0.25) is 5.02 Å². The highest BCUT2D eigenvalue weighted by atomic mass is 35.5. The van der Waals surface area contributed by atoms with Crippen LogP contribution in [-0.4, -0.2) is 36.9 Å². The van der Waals surface area contributed by atoms with E-state index in [0.717, 1.165) is 0 Å². The Morgan fingerprint density at radius 3 is 2.56 bits per heavy atom. The molecule has 8 nitrogen and oxygen atoms in total. The molecule has 0 amide bonds. The van der Waals surface area contributed by atoms with E-state index in [1.807, 2.05) is 32.9 Å². The van der Waals surface area contributed by atoms with Gasteiger partial charge in [0, 0.05) is 21.5 Å². The molecule has 176 valence electrons. The molecule has 3 aromatic rings. The first-order chi connectivity index (χ1) is 14.4. The number of rotatable bonds is 3. The van der Waals surface area contributed by atoms with Gasteiger partial charge in [-0.1, -0.05) is 41.0 Å². The summed E-state index contributed by atoms with van der Waals surface area (Å²) in [5.74, 6) is -1.62. The van der Waals surface area contributed by atoms with Crippen molar-refractivity contribution in [3.8, 4) is 0 Å². The molecule has 0 saturated carbocycles. The van der Waals surface area contributed by atoms with Gasteiger partial charge in [0.2, 0.25) is 15.8 Å². The normalized spacial score (nSPS) is 22.5. The summed E-state index contributed by atoms with van der Waals surface area (Å²) < 4.78 is 32.3. The predicted octanol–water partition coefficient (Wildman–Crippen LogP) is 3.31. The largest absolute Gasteiger partial charge is 0.361 e. The quantitative estimate of drug-likeness (QED) is 0.499. The standard InChI is InChI=1S/C13H18ClNO2.C8H8N2O3S.ClH/c1-9-13(16,17-8-12(2,3)15-9)10-5-4-6-11(14)7-10;9-14(11,12)5-7-6-3-1-2-4-8(6)13-10-7;/h4-7,9,15-16H,8H2,1-3H3;1-4H,5H2,(H2,9,11,12);1H/t9-,13+;;/m0../s1. The van der Waals surface area contributed by atoms with Gasteiger partial charge in [0.1, 0.15) is 11.4 Å². The van der Waals surface area contributed by atoms with Crippen LogP contribution in [0.1, 0.15) is 32.0 Å². The number of benzene rings is 2. The van der Waals surface area contributed by atoms with E-state index in [2.05, 4.69) is 10.5 Å². The lowest BCUT2D eigenvalue weighted by Crippen LogP contribution is -2.63. The van der Waals surface area contributed by atoms with Crippen LogP contribution in [0.3, 0.4) is 0 Å². The number of ether oxygens (including phenoxy) is 1. The fourth-order valence-electron chi connectivity index (χ4n) is 3.42. The van der Waals surface area contributed by atoms with Gasteiger partial charge in [-0.05, 0) is 45.0 Å². The summed E-state index contributed by atoms with van der Waals surface area (Å²) in [6, 6.07) is 14.0. The van der Waals surface area contributed by atoms with Crippen molar-refractivity contribution in [3.05, 3.63) is 64.8 Å². The first-order valence-corrected chi connectivity index (χ1v) is 11.7. The second-order valence-electron chi connectivity index (χ2n) is 8.18. The molecule has 2 heterocycles. The number of aliphatic hydroxyl groups is 1. The number of nitrogens with one attached hydrogen (secondary N) is 1. The molecule has 1 aromatic heterocycles. The van der Waals surface area contributed by atoms with Crippen molar-refractivity contribution in [2.75, 3.05) is 6.61 Å². The Hall–Kier alpha value is -1.72. The number of nitrogens with zero attached hydrogens (tertiary/aromatic N) is 1. The van der Waals surface area contributed by atoms with Crippen LogP contribution >= 0.6 is 24.0 Å². The lowest BCUT2D eigenvalue weighted by molar-refractivity contribution is -0.263. The maximum absolute atomic E-state index is 10.8. The number of sulfonamides is 1. The Morgan fingerprint density at radius 2 is 1.94 bits per heavy atom. The lowest BCUT2D eigenvalue weighted by atomic mass is 9.93. The summed E-state index contributed by atoms with van der Waals surface area (Å²) >= 11 is 5.94. The van der Waals surface area contributed by atoms with Crippen molar-refractivity contribution in [2.45, 2.75) is 43.9 Å². The number of hydrogen-bond acceptors (Lipinski definition) is 7. The van der Waals surface area contributed by atoms with E-state index < -0.39 is 15.8 Å². The molecular formula is C21H27Cl2N3O5S. The summed E-state index contributed by atoms with van der Waals surface area (Å²) in [7, 11) is -3.56. The molecule has 4 N–H and O–H groups in total. The summed E-state index contributed by atoms with van der Waals surface area (Å²) in [5, 5.41) is 23.8. The SMILES string of the molecule is C[C@@H]1NC(C)(C)CO[C@@]1(O)c1cccc(Cl)c1.Cl.NS(=O)(=O)Cc1noc2ccccc12. The van der Waals surface area contributed by atoms with E-state index >= 15 is 0 Å². The number of morpholine rings is 1. The Labute approximate surface area is 198 Å². The number of fused-ring (bicyclic) bond motifs is 1. The van der Waals surface area contributed by atoms with Crippen molar-refractivity contribution >= 4 is 45.0 Å². The van der Waals surface area contributed by atoms with Gasteiger partial charge in [0.25, 0.3) is 0 Å². The minimum absolute atomic E-state index is 0. The molecule has 1 fully saturated rings. The maximum Gasteiger partial charge on any atom is 0.214 e. The second kappa shape index (κ2) is 10.0. The number of hydrogen-bond donors (Lipinski definition) is 3. The van der Waals surface area contributed by atoms with E-state index in [0.29, 0.717) is 33.9 Å². The van der Waals surface area contributed by atoms with Crippen LogP contribution in [-0.2, 0) is 26.3 Å². The summed E-state index contributed by atoms with van der Waals surface area (Å²) in [4.78, 5) is 0. The van der Waals surface area contributed by atoms with Crippen molar-refractivity contribution in [2.24, 2.45) is 5.14 Å². The van der Waals surface area contributed by atoms with E-state index in [9.17, 15) is 13.5 Å². The van der Waals surface area contributed by atoms with Crippen LogP contribution in [0.15, 0.2) is 53.1 Å². The van der Waals surface area contributed by atoms with Crippen LogP contribution in [0.5, 0.6) is 0 Å². The highest BCUT2D eigenvalue weighted by Crippen LogP contribution is 2.33. The average Bonchev–Trinajstić information content (AvgIpc) is 3.07. The van der Waals surface area contributed by atoms with Crippen molar-refractivity contribution in [1.82, 2.24) is 10.5 Å². The molecule has 11 heteroatoms. The number of para-hydroxylation sites is 1. The minimum Gasteiger partial charge on any atom is -0.361 e. The van der Waals surface area contributed by atoms with Gasteiger partial charge in [-0.2, -0.15) is 0 Å². The van der Waals surface area contributed by atoms with E-state index in [-0.39, 0.29) is 29.7 Å². The van der Waals surface area contributed by atoms with Crippen molar-refractivity contribution in [3.63, 3.8) is 0 Å². The summed E-state index contributed by atoms with van der Waals surface area (Å²) in [6.07, 6.45) is 0. The molecule has 4 rings (SSSR count). The van der Waals surface area contributed by atoms with Gasteiger partial charge in [-0.3, -0.25) is 0 Å². The zero-order valence-electron chi connectivity index (χ0n) is 17.9. The van der Waals surface area contributed by atoms with E-state index in [4.69, 9.17) is 26.0 Å². The third-order valence-corrected chi connectivity index (χ3v) is 5.79.